The van der Waals surface area contributed by atoms with E-state index in [9.17, 15) is 4.79 Å². The molecule has 3 aromatic rings. The van der Waals surface area contributed by atoms with Gasteiger partial charge in [0.05, 0.1) is 24.8 Å². The first-order valence-corrected chi connectivity index (χ1v) is 8.40. The molecular weight excluding hydrogens is 417 g/mol. The number of nitrogens with zero attached hydrogens (tertiary/aromatic N) is 2. The second-order valence-corrected chi connectivity index (χ2v) is 6.52. The minimum atomic E-state index is -0.153. The van der Waals surface area contributed by atoms with Crippen molar-refractivity contribution in [1.29, 1.82) is 0 Å². The van der Waals surface area contributed by atoms with Crippen LogP contribution in [0.2, 0.25) is 0 Å². The monoisotopic (exact) mass is 433 g/mol. The Kier molecular flexibility index (Phi) is 4.84. The van der Waals surface area contributed by atoms with Gasteiger partial charge < -0.3 is 14.6 Å². The van der Waals surface area contributed by atoms with E-state index in [4.69, 9.17) is 4.74 Å². The molecule has 2 aromatic carbocycles. The molecule has 0 aliphatic carbocycles. The molecule has 6 heteroatoms. The number of aryl methyl sites for hydroxylation is 1. The number of halogens is 1. The SMILES string of the molecule is COc1cc(NC(=O)c2ccc(I)cc2)ccc1-n1cnc(C)c1. The molecule has 1 heterocycles. The average molecular weight is 433 g/mol. The van der Waals surface area contributed by atoms with Crippen molar-refractivity contribution in [2.24, 2.45) is 0 Å². The predicted octanol–water partition coefficient (Wildman–Crippen LogP) is 4.05. The van der Waals surface area contributed by atoms with Gasteiger partial charge in [-0.1, -0.05) is 0 Å². The lowest BCUT2D eigenvalue weighted by molar-refractivity contribution is 0.102. The van der Waals surface area contributed by atoms with E-state index in [2.05, 4.69) is 32.9 Å². The second kappa shape index (κ2) is 7.04. The first kappa shape index (κ1) is 16.5. The molecule has 0 spiro atoms. The highest BCUT2D eigenvalue weighted by atomic mass is 127. The Bertz CT molecular complexity index is 872. The highest BCUT2D eigenvalue weighted by Gasteiger charge is 2.10. The van der Waals surface area contributed by atoms with Gasteiger partial charge in [0.2, 0.25) is 0 Å². The molecule has 0 bridgehead atoms. The lowest BCUT2D eigenvalue weighted by Gasteiger charge is -2.12. The number of ether oxygens (including phenoxy) is 1. The summed E-state index contributed by atoms with van der Waals surface area (Å²) in [4.78, 5) is 16.5. The highest BCUT2D eigenvalue weighted by molar-refractivity contribution is 14.1. The molecule has 24 heavy (non-hydrogen) atoms. The molecule has 0 unspecified atom stereocenters. The quantitative estimate of drug-likeness (QED) is 0.632. The number of imidazole rings is 1. The van der Waals surface area contributed by atoms with Crippen LogP contribution in [0.1, 0.15) is 16.1 Å². The Balaban J connectivity index is 1.84. The van der Waals surface area contributed by atoms with Gasteiger partial charge in [-0.3, -0.25) is 4.79 Å². The molecule has 0 saturated carbocycles. The number of anilines is 1. The maximum absolute atomic E-state index is 12.3. The number of nitrogens with one attached hydrogen (secondary N) is 1. The fourth-order valence-corrected chi connectivity index (χ4v) is 2.69. The van der Waals surface area contributed by atoms with Gasteiger partial charge in [-0.05, 0) is 65.9 Å². The van der Waals surface area contributed by atoms with Gasteiger partial charge in [0.25, 0.3) is 5.91 Å². The van der Waals surface area contributed by atoms with E-state index in [0.717, 1.165) is 15.0 Å². The third-order valence-corrected chi connectivity index (χ3v) is 4.25. The number of carbonyl (C=O) groups excluding carboxylic acids is 1. The van der Waals surface area contributed by atoms with Gasteiger partial charge in [-0.25, -0.2) is 4.98 Å². The third-order valence-electron chi connectivity index (χ3n) is 3.53. The van der Waals surface area contributed by atoms with E-state index in [-0.39, 0.29) is 5.91 Å². The summed E-state index contributed by atoms with van der Waals surface area (Å²) in [5.41, 5.74) is 3.08. The van der Waals surface area contributed by atoms with Crippen LogP contribution in [0.3, 0.4) is 0 Å². The van der Waals surface area contributed by atoms with Gasteiger partial charge >= 0.3 is 0 Å². The highest BCUT2D eigenvalue weighted by Crippen LogP contribution is 2.27. The summed E-state index contributed by atoms with van der Waals surface area (Å²) >= 11 is 2.21. The van der Waals surface area contributed by atoms with Gasteiger partial charge in [-0.2, -0.15) is 0 Å². The normalized spacial score (nSPS) is 10.5. The van der Waals surface area contributed by atoms with Crippen LogP contribution >= 0.6 is 22.6 Å². The average Bonchev–Trinajstić information content (AvgIpc) is 3.01. The Morgan fingerprint density at radius 2 is 1.96 bits per heavy atom. The standard InChI is InChI=1S/C18H16IN3O2/c1-12-10-22(11-20-12)16-8-7-15(9-17(16)24-2)21-18(23)13-3-5-14(19)6-4-13/h3-11H,1-2H3,(H,21,23). The minimum Gasteiger partial charge on any atom is -0.494 e. The first-order chi connectivity index (χ1) is 11.6. The number of carbonyl (C=O) groups is 1. The number of hydrogen-bond acceptors (Lipinski definition) is 3. The third kappa shape index (κ3) is 3.59. The van der Waals surface area contributed by atoms with Crippen molar-refractivity contribution in [1.82, 2.24) is 9.55 Å². The zero-order chi connectivity index (χ0) is 17.1. The Hall–Kier alpha value is -2.35. The van der Waals surface area contributed by atoms with Crippen LogP contribution in [0.5, 0.6) is 5.75 Å². The number of hydrogen-bond donors (Lipinski definition) is 1. The molecule has 0 fully saturated rings. The summed E-state index contributed by atoms with van der Waals surface area (Å²) in [6.45, 7) is 1.93. The predicted molar refractivity (Wildman–Crippen MR) is 102 cm³/mol. The first-order valence-electron chi connectivity index (χ1n) is 7.33. The molecule has 1 amide bonds. The van der Waals surface area contributed by atoms with E-state index < -0.39 is 0 Å². The lowest BCUT2D eigenvalue weighted by Crippen LogP contribution is -2.12. The molecule has 0 saturated heterocycles. The molecular formula is C18H16IN3O2. The summed E-state index contributed by atoms with van der Waals surface area (Å²) in [6, 6.07) is 12.9. The van der Waals surface area contributed by atoms with E-state index in [0.29, 0.717) is 17.0 Å². The largest absolute Gasteiger partial charge is 0.494 e. The van der Waals surface area contributed by atoms with Crippen molar-refractivity contribution in [3.8, 4) is 11.4 Å². The van der Waals surface area contributed by atoms with E-state index in [1.54, 1.807) is 31.6 Å². The zero-order valence-electron chi connectivity index (χ0n) is 13.3. The van der Waals surface area contributed by atoms with E-state index in [1.807, 2.05) is 42.0 Å². The summed E-state index contributed by atoms with van der Waals surface area (Å²) in [7, 11) is 1.60. The van der Waals surface area contributed by atoms with Crippen molar-refractivity contribution < 1.29 is 9.53 Å². The summed E-state index contributed by atoms with van der Waals surface area (Å²) in [5.74, 6) is 0.507. The van der Waals surface area contributed by atoms with E-state index in [1.165, 1.54) is 0 Å². The van der Waals surface area contributed by atoms with Crippen LogP contribution in [0.25, 0.3) is 5.69 Å². The molecule has 5 nitrogen and oxygen atoms in total. The van der Waals surface area contributed by atoms with Crippen molar-refractivity contribution in [3.63, 3.8) is 0 Å². The molecule has 0 aliphatic heterocycles. The van der Waals surface area contributed by atoms with Crippen LogP contribution in [-0.2, 0) is 0 Å². The fraction of sp³-hybridized carbons (Fsp3) is 0.111. The van der Waals surface area contributed by atoms with Crippen LogP contribution in [-0.4, -0.2) is 22.6 Å². The number of methoxy groups -OCH3 is 1. The summed E-state index contributed by atoms with van der Waals surface area (Å²) in [5, 5.41) is 2.89. The van der Waals surface area contributed by atoms with Crippen molar-refractivity contribution in [2.45, 2.75) is 6.92 Å². The maximum atomic E-state index is 12.3. The molecule has 3 rings (SSSR count). The summed E-state index contributed by atoms with van der Waals surface area (Å²) < 4.78 is 8.43. The Morgan fingerprint density at radius 1 is 1.21 bits per heavy atom. The van der Waals surface area contributed by atoms with Crippen molar-refractivity contribution in [2.75, 3.05) is 12.4 Å². The topological polar surface area (TPSA) is 56.1 Å². The molecule has 1 aromatic heterocycles. The Labute approximate surface area is 153 Å². The number of rotatable bonds is 4. The van der Waals surface area contributed by atoms with Gasteiger partial charge in [0.1, 0.15) is 5.75 Å². The molecule has 1 N–H and O–H groups in total. The van der Waals surface area contributed by atoms with Crippen LogP contribution in [0, 0.1) is 10.5 Å². The smallest absolute Gasteiger partial charge is 0.255 e. The van der Waals surface area contributed by atoms with Crippen LogP contribution < -0.4 is 10.1 Å². The van der Waals surface area contributed by atoms with Gasteiger partial charge in [0.15, 0.2) is 0 Å². The van der Waals surface area contributed by atoms with E-state index >= 15 is 0 Å². The number of amides is 1. The molecule has 0 atom stereocenters. The maximum Gasteiger partial charge on any atom is 0.255 e. The van der Waals surface area contributed by atoms with Crippen LogP contribution in [0.15, 0.2) is 55.0 Å². The zero-order valence-corrected chi connectivity index (χ0v) is 15.4. The van der Waals surface area contributed by atoms with Crippen molar-refractivity contribution in [3.05, 3.63) is 69.8 Å². The van der Waals surface area contributed by atoms with Crippen LogP contribution in [0.4, 0.5) is 5.69 Å². The summed E-state index contributed by atoms with van der Waals surface area (Å²) in [6.07, 6.45) is 3.65. The lowest BCUT2D eigenvalue weighted by atomic mass is 10.2. The van der Waals surface area contributed by atoms with Crippen molar-refractivity contribution >= 4 is 34.2 Å². The van der Waals surface area contributed by atoms with Gasteiger partial charge in [-0.15, -0.1) is 0 Å². The molecule has 0 aliphatic rings. The minimum absolute atomic E-state index is 0.153. The Morgan fingerprint density at radius 3 is 2.58 bits per heavy atom. The fourth-order valence-electron chi connectivity index (χ4n) is 2.33. The van der Waals surface area contributed by atoms with Gasteiger partial charge in [0, 0.05) is 27.1 Å². The number of aromatic nitrogens is 2. The molecule has 0 radical (unpaired) electrons. The second-order valence-electron chi connectivity index (χ2n) is 5.27. The number of benzene rings is 2. The molecule has 122 valence electrons.